The van der Waals surface area contributed by atoms with E-state index in [1.807, 2.05) is 54.4 Å². The van der Waals surface area contributed by atoms with Crippen molar-refractivity contribution >= 4 is 17.2 Å². The molecule has 0 fully saturated rings. The maximum Gasteiger partial charge on any atom is 0.274 e. The number of benzene rings is 1. The summed E-state index contributed by atoms with van der Waals surface area (Å²) in [5, 5.41) is 19.5. The molecule has 0 bridgehead atoms. The number of methoxy groups -OCH3 is 1. The van der Waals surface area contributed by atoms with E-state index in [-0.39, 0.29) is 18.1 Å². The van der Waals surface area contributed by atoms with Crippen LogP contribution in [0, 0.1) is 0 Å². The standard InChI is InChI=1S/C23H24N6O3S/c1-23(2,3)28(4)22(30)20-16-11-32-19-9-18(31-5)14(17-10-24-27-25-17)8-15(19)21(16)29(26-20)13-6-7-33-12-13/h6-10,12H,11H2,1-5H3,(H,24,25,27). The number of aromatic nitrogens is 5. The van der Waals surface area contributed by atoms with Crippen LogP contribution in [-0.2, 0) is 6.61 Å². The number of nitrogens with zero attached hydrogens (tertiary/aromatic N) is 5. The Kier molecular flexibility index (Phi) is 4.97. The number of fused-ring (bicyclic) bond motifs is 3. The minimum Gasteiger partial charge on any atom is -0.496 e. The predicted molar refractivity (Wildman–Crippen MR) is 125 cm³/mol. The SMILES string of the molecule is COc1cc2c(cc1-c1c[nH]nn1)-c1c(c(C(=O)N(C)C(C)(C)C)nn1-c1ccsc1)CO2. The van der Waals surface area contributed by atoms with Gasteiger partial charge >= 0.3 is 0 Å². The van der Waals surface area contributed by atoms with Crippen LogP contribution in [0.3, 0.4) is 0 Å². The van der Waals surface area contributed by atoms with Crippen LogP contribution in [0.15, 0.2) is 35.2 Å². The lowest BCUT2D eigenvalue weighted by Gasteiger charge is -2.31. The number of aromatic amines is 1. The summed E-state index contributed by atoms with van der Waals surface area (Å²) in [4.78, 5) is 15.2. The van der Waals surface area contributed by atoms with Gasteiger partial charge in [-0.25, -0.2) is 4.68 Å². The molecule has 0 atom stereocenters. The van der Waals surface area contributed by atoms with E-state index >= 15 is 0 Å². The number of H-pyrrole nitrogens is 1. The van der Waals surface area contributed by atoms with Crippen LogP contribution in [0.5, 0.6) is 11.5 Å². The molecule has 1 amide bonds. The van der Waals surface area contributed by atoms with Crippen molar-refractivity contribution in [1.29, 1.82) is 0 Å². The van der Waals surface area contributed by atoms with E-state index in [9.17, 15) is 4.79 Å². The van der Waals surface area contributed by atoms with Gasteiger partial charge in [-0.2, -0.15) is 16.4 Å². The monoisotopic (exact) mass is 464 g/mol. The molecule has 0 saturated carbocycles. The maximum absolute atomic E-state index is 13.5. The maximum atomic E-state index is 13.5. The van der Waals surface area contributed by atoms with Crippen molar-refractivity contribution in [3.05, 3.63) is 46.4 Å². The topological polar surface area (TPSA) is 98.2 Å². The van der Waals surface area contributed by atoms with E-state index in [2.05, 4.69) is 15.4 Å². The van der Waals surface area contributed by atoms with Gasteiger partial charge in [-0.15, -0.1) is 5.10 Å². The number of amides is 1. The van der Waals surface area contributed by atoms with Gasteiger partial charge in [-0.05, 0) is 38.3 Å². The molecule has 0 unspecified atom stereocenters. The molecule has 3 aromatic heterocycles. The largest absolute Gasteiger partial charge is 0.496 e. The molecular weight excluding hydrogens is 440 g/mol. The highest BCUT2D eigenvalue weighted by atomic mass is 32.1. The van der Waals surface area contributed by atoms with Crippen LogP contribution >= 0.6 is 11.3 Å². The van der Waals surface area contributed by atoms with Gasteiger partial charge in [0.15, 0.2) is 5.69 Å². The molecule has 1 aliphatic heterocycles. The summed E-state index contributed by atoms with van der Waals surface area (Å²) in [5.41, 5.74) is 4.73. The lowest BCUT2D eigenvalue weighted by atomic mass is 9.97. The van der Waals surface area contributed by atoms with E-state index in [1.54, 1.807) is 36.6 Å². The quantitative estimate of drug-likeness (QED) is 0.487. The number of carbonyl (C=O) groups is 1. The van der Waals surface area contributed by atoms with Crippen molar-refractivity contribution in [2.24, 2.45) is 0 Å². The van der Waals surface area contributed by atoms with Gasteiger partial charge in [0.1, 0.15) is 23.8 Å². The molecule has 1 N–H and O–H groups in total. The number of hydrogen-bond acceptors (Lipinski definition) is 7. The summed E-state index contributed by atoms with van der Waals surface area (Å²) in [5.74, 6) is 1.13. The molecule has 0 radical (unpaired) electrons. The Morgan fingerprint density at radius 2 is 2.12 bits per heavy atom. The second-order valence-corrected chi connectivity index (χ2v) is 9.58. The van der Waals surface area contributed by atoms with Crippen LogP contribution < -0.4 is 9.47 Å². The third-order valence-corrected chi connectivity index (χ3v) is 6.54. The van der Waals surface area contributed by atoms with E-state index in [1.165, 1.54) is 0 Å². The Balaban J connectivity index is 1.75. The Morgan fingerprint density at radius 1 is 1.30 bits per heavy atom. The fourth-order valence-electron chi connectivity index (χ4n) is 3.78. The van der Waals surface area contributed by atoms with Gasteiger partial charge in [0, 0.05) is 40.7 Å². The van der Waals surface area contributed by atoms with Crippen molar-refractivity contribution in [1.82, 2.24) is 30.1 Å². The third-order valence-electron chi connectivity index (χ3n) is 5.87. The van der Waals surface area contributed by atoms with Crippen LogP contribution in [0.2, 0.25) is 0 Å². The van der Waals surface area contributed by atoms with Gasteiger partial charge in [0.05, 0.1) is 24.7 Å². The van der Waals surface area contributed by atoms with Crippen molar-refractivity contribution in [3.63, 3.8) is 0 Å². The molecule has 33 heavy (non-hydrogen) atoms. The molecule has 5 rings (SSSR count). The molecule has 0 saturated heterocycles. The number of rotatable bonds is 4. The predicted octanol–water partition coefficient (Wildman–Crippen LogP) is 4.16. The normalized spacial score (nSPS) is 12.6. The Hall–Kier alpha value is -3.66. The van der Waals surface area contributed by atoms with Gasteiger partial charge in [-0.1, -0.05) is 5.21 Å². The van der Waals surface area contributed by atoms with Crippen LogP contribution in [0.1, 0.15) is 36.8 Å². The van der Waals surface area contributed by atoms with Crippen molar-refractivity contribution in [2.75, 3.05) is 14.2 Å². The first-order valence-corrected chi connectivity index (χ1v) is 11.4. The van der Waals surface area contributed by atoms with Gasteiger partial charge < -0.3 is 14.4 Å². The third kappa shape index (κ3) is 3.46. The average molecular weight is 465 g/mol. The number of carbonyl (C=O) groups excluding carboxylic acids is 1. The van der Waals surface area contributed by atoms with Crippen molar-refractivity contribution in [2.45, 2.75) is 32.9 Å². The molecule has 0 aliphatic carbocycles. The van der Waals surface area contributed by atoms with Gasteiger partial charge in [-0.3, -0.25) is 9.89 Å². The highest BCUT2D eigenvalue weighted by Crippen LogP contribution is 2.45. The number of hydrogen-bond donors (Lipinski definition) is 1. The average Bonchev–Trinajstić information content (AvgIpc) is 3.56. The summed E-state index contributed by atoms with van der Waals surface area (Å²) < 4.78 is 13.5. The summed E-state index contributed by atoms with van der Waals surface area (Å²) in [7, 11) is 3.40. The van der Waals surface area contributed by atoms with Crippen LogP contribution in [0.4, 0.5) is 0 Å². The zero-order chi connectivity index (χ0) is 23.3. The molecule has 9 nitrogen and oxygen atoms in total. The lowest BCUT2D eigenvalue weighted by molar-refractivity contribution is 0.0646. The van der Waals surface area contributed by atoms with Gasteiger partial charge in [0.25, 0.3) is 5.91 Å². The van der Waals surface area contributed by atoms with Crippen molar-refractivity contribution < 1.29 is 14.3 Å². The smallest absolute Gasteiger partial charge is 0.274 e. The molecule has 0 spiro atoms. The zero-order valence-electron chi connectivity index (χ0n) is 19.0. The fraction of sp³-hybridized carbons (Fsp3) is 0.304. The molecule has 4 aromatic rings. The second-order valence-electron chi connectivity index (χ2n) is 8.80. The first kappa shape index (κ1) is 21.2. The van der Waals surface area contributed by atoms with E-state index in [0.29, 0.717) is 22.9 Å². The molecule has 170 valence electrons. The fourth-order valence-corrected chi connectivity index (χ4v) is 4.40. The molecule has 1 aromatic carbocycles. The molecule has 4 heterocycles. The molecule has 10 heteroatoms. The van der Waals surface area contributed by atoms with Crippen LogP contribution in [-0.4, -0.2) is 55.7 Å². The lowest BCUT2D eigenvalue weighted by Crippen LogP contribution is -2.43. The Bertz CT molecular complexity index is 1320. The van der Waals surface area contributed by atoms with Crippen molar-refractivity contribution in [3.8, 4) is 39.7 Å². The summed E-state index contributed by atoms with van der Waals surface area (Å²) >= 11 is 1.57. The zero-order valence-corrected chi connectivity index (χ0v) is 19.9. The molecular formula is C23H24N6O3S. The highest BCUT2D eigenvalue weighted by molar-refractivity contribution is 7.08. The number of thiophene rings is 1. The Morgan fingerprint density at radius 3 is 2.76 bits per heavy atom. The highest BCUT2D eigenvalue weighted by Gasteiger charge is 2.34. The number of nitrogens with one attached hydrogen (secondary N) is 1. The minimum atomic E-state index is -0.350. The summed E-state index contributed by atoms with van der Waals surface area (Å²) in [6.07, 6.45) is 1.71. The Labute approximate surface area is 194 Å². The molecule has 1 aliphatic rings. The first-order chi connectivity index (χ1) is 15.8. The van der Waals surface area contributed by atoms with Crippen LogP contribution in [0.25, 0.3) is 28.2 Å². The first-order valence-electron chi connectivity index (χ1n) is 10.4. The minimum absolute atomic E-state index is 0.148. The number of ether oxygens (including phenoxy) is 2. The van der Waals surface area contributed by atoms with E-state index in [4.69, 9.17) is 14.6 Å². The van der Waals surface area contributed by atoms with E-state index in [0.717, 1.165) is 28.1 Å². The van der Waals surface area contributed by atoms with Gasteiger partial charge in [0.2, 0.25) is 0 Å². The second kappa shape index (κ2) is 7.73. The van der Waals surface area contributed by atoms with E-state index < -0.39 is 0 Å². The summed E-state index contributed by atoms with van der Waals surface area (Å²) in [6, 6.07) is 5.78. The summed E-state index contributed by atoms with van der Waals surface area (Å²) in [6.45, 7) is 6.22.